The molecule has 0 unspecified atom stereocenters. The largest absolute Gasteiger partial charge is 0.480 e. The molecule has 2 aliphatic rings. The predicted molar refractivity (Wildman–Crippen MR) is 142 cm³/mol. The number of nitrogens with zero attached hydrogens (tertiary/aromatic N) is 1. The van der Waals surface area contributed by atoms with Crippen molar-refractivity contribution in [2.24, 2.45) is 0 Å². The highest BCUT2D eigenvalue weighted by atomic mass is 35.5. The van der Waals surface area contributed by atoms with Crippen LogP contribution in [0.1, 0.15) is 41.4 Å². The molecular formula is C29H31ClN2O4. The fourth-order valence-corrected chi connectivity index (χ4v) is 5.40. The molecule has 1 aliphatic heterocycles. The number of hydrogen-bond acceptors (Lipinski definition) is 4. The van der Waals surface area contributed by atoms with Crippen molar-refractivity contribution in [3.63, 3.8) is 0 Å². The lowest BCUT2D eigenvalue weighted by Gasteiger charge is -2.33. The third-order valence-corrected chi connectivity index (χ3v) is 7.23. The molecule has 0 bridgehead atoms. The van der Waals surface area contributed by atoms with E-state index in [1.165, 1.54) is 5.56 Å². The number of carboxylic acid groups (broad SMARTS) is 1. The Kier molecular flexibility index (Phi) is 8.28. The minimum Gasteiger partial charge on any atom is -0.480 e. The summed E-state index contributed by atoms with van der Waals surface area (Å²) >= 11 is 0. The average molecular weight is 507 g/mol. The highest BCUT2D eigenvalue weighted by molar-refractivity contribution is 5.85. The van der Waals surface area contributed by atoms with Crippen LogP contribution in [0, 0.1) is 0 Å². The molecule has 0 aromatic heterocycles. The number of piperidine rings is 1. The highest BCUT2D eigenvalue weighted by Gasteiger charge is 2.31. The number of alkyl carbamates (subject to hydrolysis) is 1. The molecule has 2 N–H and O–H groups in total. The van der Waals surface area contributed by atoms with Crippen LogP contribution in [-0.4, -0.2) is 54.4 Å². The molecule has 188 valence electrons. The molecule has 7 heteroatoms. The summed E-state index contributed by atoms with van der Waals surface area (Å²) in [7, 11) is 0. The number of likely N-dealkylation sites (tertiary alicyclic amines) is 1. The Morgan fingerprint density at radius 1 is 0.889 bits per heavy atom. The maximum Gasteiger partial charge on any atom is 0.407 e. The summed E-state index contributed by atoms with van der Waals surface area (Å²) < 4.78 is 5.55. The van der Waals surface area contributed by atoms with E-state index >= 15 is 0 Å². The van der Waals surface area contributed by atoms with E-state index in [1.54, 1.807) is 0 Å². The zero-order valence-electron chi connectivity index (χ0n) is 20.0. The number of carbonyl (C=O) groups is 2. The monoisotopic (exact) mass is 506 g/mol. The van der Waals surface area contributed by atoms with E-state index in [2.05, 4.69) is 58.7 Å². The lowest BCUT2D eigenvalue weighted by atomic mass is 9.89. The molecule has 3 aromatic carbocycles. The maximum atomic E-state index is 12.6. The molecule has 3 aromatic rings. The third-order valence-electron chi connectivity index (χ3n) is 7.23. The van der Waals surface area contributed by atoms with E-state index in [9.17, 15) is 14.7 Å². The number of aliphatic carboxylic acids is 1. The molecule has 1 fully saturated rings. The van der Waals surface area contributed by atoms with Gasteiger partial charge in [0.15, 0.2) is 0 Å². The van der Waals surface area contributed by atoms with Crippen LogP contribution in [0.15, 0.2) is 78.9 Å². The minimum atomic E-state index is -1.05. The SMILES string of the molecule is Cl.O=C(N[C@H](CN1CCC(c2ccccc2)CC1)C(=O)O)OCC1c2ccccc2-c2ccccc21. The smallest absolute Gasteiger partial charge is 0.407 e. The molecule has 1 saturated heterocycles. The number of hydrogen-bond donors (Lipinski definition) is 2. The van der Waals surface area contributed by atoms with Crippen molar-refractivity contribution >= 4 is 24.5 Å². The average Bonchev–Trinajstić information content (AvgIpc) is 3.21. The number of fused-ring (bicyclic) bond motifs is 3. The summed E-state index contributed by atoms with van der Waals surface area (Å²) in [5.41, 5.74) is 5.88. The van der Waals surface area contributed by atoms with Crippen molar-refractivity contribution in [3.8, 4) is 11.1 Å². The fourth-order valence-electron chi connectivity index (χ4n) is 5.40. The second kappa shape index (κ2) is 11.6. The van der Waals surface area contributed by atoms with Crippen LogP contribution in [0.2, 0.25) is 0 Å². The van der Waals surface area contributed by atoms with Crippen molar-refractivity contribution in [3.05, 3.63) is 95.6 Å². The van der Waals surface area contributed by atoms with Crippen LogP contribution >= 0.6 is 12.4 Å². The number of carbonyl (C=O) groups excluding carboxylic acids is 1. The van der Waals surface area contributed by atoms with E-state index in [0.717, 1.165) is 48.2 Å². The van der Waals surface area contributed by atoms with Crippen LogP contribution in [-0.2, 0) is 9.53 Å². The summed E-state index contributed by atoms with van der Waals surface area (Å²) in [5, 5.41) is 12.3. The van der Waals surface area contributed by atoms with Crippen molar-refractivity contribution in [2.75, 3.05) is 26.2 Å². The van der Waals surface area contributed by atoms with Gasteiger partial charge < -0.3 is 20.1 Å². The summed E-state index contributed by atoms with van der Waals surface area (Å²) in [5.74, 6) is -0.622. The lowest BCUT2D eigenvalue weighted by Crippen LogP contribution is -2.50. The van der Waals surface area contributed by atoms with Crippen molar-refractivity contribution in [2.45, 2.75) is 30.7 Å². The third kappa shape index (κ3) is 5.55. The first-order valence-electron chi connectivity index (χ1n) is 12.2. The van der Waals surface area contributed by atoms with Crippen molar-refractivity contribution < 1.29 is 19.4 Å². The van der Waals surface area contributed by atoms with Gasteiger partial charge in [0.1, 0.15) is 12.6 Å². The topological polar surface area (TPSA) is 78.9 Å². The number of benzene rings is 3. The zero-order valence-corrected chi connectivity index (χ0v) is 20.8. The van der Waals surface area contributed by atoms with Crippen LogP contribution in [0.3, 0.4) is 0 Å². The summed E-state index contributed by atoms with van der Waals surface area (Å²) in [6.07, 6.45) is 1.25. The molecule has 0 saturated carbocycles. The number of ether oxygens (including phenoxy) is 1. The zero-order chi connectivity index (χ0) is 24.2. The maximum absolute atomic E-state index is 12.6. The van der Waals surface area contributed by atoms with Gasteiger partial charge >= 0.3 is 12.1 Å². The lowest BCUT2D eigenvalue weighted by molar-refractivity contribution is -0.140. The van der Waals surface area contributed by atoms with Gasteiger partial charge in [-0.3, -0.25) is 0 Å². The summed E-state index contributed by atoms with van der Waals surface area (Å²) in [4.78, 5) is 26.6. The van der Waals surface area contributed by atoms with Gasteiger partial charge in [-0.05, 0) is 59.7 Å². The Balaban J connectivity index is 0.00000304. The van der Waals surface area contributed by atoms with Crippen molar-refractivity contribution in [1.82, 2.24) is 10.2 Å². The molecule has 0 spiro atoms. The van der Waals surface area contributed by atoms with E-state index in [-0.39, 0.29) is 31.5 Å². The number of nitrogens with one attached hydrogen (secondary N) is 1. The number of amides is 1. The van der Waals surface area contributed by atoms with E-state index in [0.29, 0.717) is 5.92 Å². The Morgan fingerprint density at radius 3 is 2.03 bits per heavy atom. The summed E-state index contributed by atoms with van der Waals surface area (Å²) in [6, 6.07) is 25.7. The number of halogens is 1. The molecule has 0 radical (unpaired) electrons. The normalized spacial score (nSPS) is 16.3. The molecule has 6 nitrogen and oxygen atoms in total. The van der Waals surface area contributed by atoms with Gasteiger partial charge in [-0.15, -0.1) is 12.4 Å². The predicted octanol–water partition coefficient (Wildman–Crippen LogP) is 5.28. The molecule has 1 heterocycles. The van der Waals surface area contributed by atoms with Crippen LogP contribution in [0.5, 0.6) is 0 Å². The van der Waals surface area contributed by atoms with E-state index in [1.807, 2.05) is 30.3 Å². The van der Waals surface area contributed by atoms with Gasteiger partial charge in [-0.1, -0.05) is 78.9 Å². The molecule has 1 atom stereocenters. The van der Waals surface area contributed by atoms with E-state index < -0.39 is 18.1 Å². The van der Waals surface area contributed by atoms with Gasteiger partial charge in [0.2, 0.25) is 0 Å². The fraction of sp³-hybridized carbons (Fsp3) is 0.310. The van der Waals surface area contributed by atoms with Gasteiger partial charge in [0.25, 0.3) is 0 Å². The number of carboxylic acids is 1. The van der Waals surface area contributed by atoms with Gasteiger partial charge in [0.05, 0.1) is 0 Å². The second-order valence-corrected chi connectivity index (χ2v) is 9.35. The minimum absolute atomic E-state index is 0. The molecule has 5 rings (SSSR count). The van der Waals surface area contributed by atoms with Gasteiger partial charge in [-0.25, -0.2) is 9.59 Å². The molecule has 36 heavy (non-hydrogen) atoms. The first-order chi connectivity index (χ1) is 17.1. The Bertz CT molecular complexity index is 1150. The molecule has 1 aliphatic carbocycles. The quantitative estimate of drug-likeness (QED) is 0.456. The van der Waals surface area contributed by atoms with Crippen LogP contribution in [0.25, 0.3) is 11.1 Å². The van der Waals surface area contributed by atoms with E-state index in [4.69, 9.17) is 4.74 Å². The Hall–Kier alpha value is -3.35. The Morgan fingerprint density at radius 2 is 1.44 bits per heavy atom. The highest BCUT2D eigenvalue weighted by Crippen LogP contribution is 2.44. The van der Waals surface area contributed by atoms with Crippen LogP contribution < -0.4 is 5.32 Å². The number of rotatable bonds is 7. The van der Waals surface area contributed by atoms with Gasteiger partial charge in [-0.2, -0.15) is 0 Å². The molecular weight excluding hydrogens is 476 g/mol. The summed E-state index contributed by atoms with van der Waals surface area (Å²) in [6.45, 7) is 2.03. The first-order valence-corrected chi connectivity index (χ1v) is 12.2. The van der Waals surface area contributed by atoms with Crippen LogP contribution in [0.4, 0.5) is 4.79 Å². The molecule has 1 amide bonds. The standard InChI is InChI=1S/C29H30N2O4.ClH/c32-28(33)27(18-31-16-14-21(15-17-31)20-8-2-1-3-9-20)30-29(34)35-19-26-24-12-6-4-10-22(24)23-11-5-7-13-25(23)26;/h1-13,21,26-27H,14-19H2,(H,30,34)(H,32,33);1H/t27-;/m1./s1. The first kappa shape index (κ1) is 25.7. The van der Waals surface area contributed by atoms with Crippen molar-refractivity contribution in [1.29, 1.82) is 0 Å². The van der Waals surface area contributed by atoms with Gasteiger partial charge in [0, 0.05) is 12.5 Å². The Labute approximate surface area is 217 Å². The second-order valence-electron chi connectivity index (χ2n) is 9.35.